The van der Waals surface area contributed by atoms with Gasteiger partial charge in [0.25, 0.3) is 0 Å². The van der Waals surface area contributed by atoms with Gasteiger partial charge in [-0.25, -0.2) is 4.98 Å². The van der Waals surface area contributed by atoms with Gasteiger partial charge in [0.15, 0.2) is 0 Å². The van der Waals surface area contributed by atoms with Crippen LogP contribution >= 0.6 is 0 Å². The lowest BCUT2D eigenvalue weighted by molar-refractivity contribution is 0.184. The summed E-state index contributed by atoms with van der Waals surface area (Å²) in [7, 11) is 1.97. The first-order chi connectivity index (χ1) is 6.77. The molecule has 1 fully saturated rings. The molecule has 0 saturated carbocycles. The smallest absolute Gasteiger partial charge is 0.205 e. The fraction of sp³-hybridized carbons (Fsp3) is 0.667. The van der Waals surface area contributed by atoms with E-state index in [1.165, 1.54) is 0 Å². The first-order valence-electron chi connectivity index (χ1n) is 4.88. The van der Waals surface area contributed by atoms with E-state index in [2.05, 4.69) is 15.2 Å². The van der Waals surface area contributed by atoms with E-state index in [-0.39, 0.29) is 6.10 Å². The molecule has 5 nitrogen and oxygen atoms in total. The summed E-state index contributed by atoms with van der Waals surface area (Å²) in [6.45, 7) is 3.10. The Balaban J connectivity index is 2.13. The van der Waals surface area contributed by atoms with Gasteiger partial charge < -0.3 is 19.9 Å². The lowest BCUT2D eigenvalue weighted by Gasteiger charge is -2.22. The van der Waals surface area contributed by atoms with E-state index >= 15 is 0 Å². The largest absolute Gasteiger partial charge is 0.390 e. The predicted molar refractivity (Wildman–Crippen MR) is 54.3 cm³/mol. The number of aliphatic hydroxyl groups is 1. The lowest BCUT2D eigenvalue weighted by atomic mass is 10.3. The Morgan fingerprint density at radius 3 is 3.21 bits per heavy atom. The molecule has 1 aromatic rings. The van der Waals surface area contributed by atoms with Crippen LogP contribution < -0.4 is 10.2 Å². The molecule has 2 N–H and O–H groups in total. The maximum atomic E-state index is 9.61. The van der Waals surface area contributed by atoms with Crippen LogP contribution in [-0.4, -0.2) is 46.9 Å². The molecule has 0 bridgehead atoms. The summed E-state index contributed by atoms with van der Waals surface area (Å²) in [6.07, 6.45) is 3.38. The van der Waals surface area contributed by atoms with Crippen molar-refractivity contribution < 1.29 is 5.11 Å². The quantitative estimate of drug-likeness (QED) is 0.617. The number of aliphatic hydroxyl groups excluding tert-OH is 1. The van der Waals surface area contributed by atoms with Gasteiger partial charge in [0.2, 0.25) is 5.95 Å². The average molecular weight is 196 g/mol. The Kier molecular flexibility index (Phi) is 2.69. The van der Waals surface area contributed by atoms with Crippen molar-refractivity contribution in [2.45, 2.75) is 6.10 Å². The number of hydrogen-bond acceptors (Lipinski definition) is 4. The monoisotopic (exact) mass is 196 g/mol. The second-order valence-electron chi connectivity index (χ2n) is 3.64. The highest BCUT2D eigenvalue weighted by Crippen LogP contribution is 2.10. The molecule has 5 heteroatoms. The van der Waals surface area contributed by atoms with Crippen molar-refractivity contribution in [1.29, 1.82) is 0 Å². The number of aromatic nitrogens is 2. The Bertz CT molecular complexity index is 299. The van der Waals surface area contributed by atoms with Crippen LogP contribution in [-0.2, 0) is 7.05 Å². The van der Waals surface area contributed by atoms with Gasteiger partial charge in [0.05, 0.1) is 6.10 Å². The molecule has 1 aromatic heterocycles. The minimum atomic E-state index is -0.311. The Hall–Kier alpha value is -1.07. The molecule has 2 heterocycles. The van der Waals surface area contributed by atoms with Crippen molar-refractivity contribution >= 4 is 5.95 Å². The van der Waals surface area contributed by atoms with Gasteiger partial charge in [0.1, 0.15) is 0 Å². The number of nitrogens with zero attached hydrogens (tertiary/aromatic N) is 3. The summed E-state index contributed by atoms with van der Waals surface area (Å²) in [5.74, 6) is 0.924. The number of nitrogens with one attached hydrogen (secondary N) is 1. The highest BCUT2D eigenvalue weighted by Gasteiger charge is 2.18. The minimum absolute atomic E-state index is 0.311. The van der Waals surface area contributed by atoms with Crippen LogP contribution in [0.3, 0.4) is 0 Å². The van der Waals surface area contributed by atoms with Crippen LogP contribution in [0.4, 0.5) is 5.95 Å². The zero-order chi connectivity index (χ0) is 9.97. The molecule has 14 heavy (non-hydrogen) atoms. The molecule has 78 valence electrons. The third-order valence-corrected chi connectivity index (χ3v) is 2.45. The number of rotatable bonds is 1. The summed E-state index contributed by atoms with van der Waals surface area (Å²) in [5.41, 5.74) is 0. The molecule has 0 radical (unpaired) electrons. The zero-order valence-electron chi connectivity index (χ0n) is 8.35. The normalized spacial score (nSPS) is 23.6. The lowest BCUT2D eigenvalue weighted by Crippen LogP contribution is -2.34. The number of imidazole rings is 1. The van der Waals surface area contributed by atoms with Crippen LogP contribution in [0.1, 0.15) is 0 Å². The minimum Gasteiger partial charge on any atom is -0.390 e. The summed E-state index contributed by atoms with van der Waals surface area (Å²) < 4.78 is 1.97. The molecule has 1 unspecified atom stereocenters. The van der Waals surface area contributed by atoms with Gasteiger partial charge >= 0.3 is 0 Å². The zero-order valence-corrected chi connectivity index (χ0v) is 8.35. The molecule has 1 saturated heterocycles. The van der Waals surface area contributed by atoms with E-state index < -0.39 is 0 Å². The molecular formula is C9H16N4O. The molecule has 1 atom stereocenters. The van der Waals surface area contributed by atoms with Crippen LogP contribution in [0.5, 0.6) is 0 Å². The maximum absolute atomic E-state index is 9.61. The van der Waals surface area contributed by atoms with Crippen molar-refractivity contribution in [1.82, 2.24) is 14.9 Å². The fourth-order valence-electron chi connectivity index (χ4n) is 1.74. The van der Waals surface area contributed by atoms with Gasteiger partial charge in [-0.1, -0.05) is 0 Å². The summed E-state index contributed by atoms with van der Waals surface area (Å²) >= 11 is 0. The molecule has 0 aromatic carbocycles. The first-order valence-corrected chi connectivity index (χ1v) is 4.88. The summed E-state index contributed by atoms with van der Waals surface area (Å²) in [5, 5.41) is 12.8. The first kappa shape index (κ1) is 9.48. The fourth-order valence-corrected chi connectivity index (χ4v) is 1.74. The van der Waals surface area contributed by atoms with E-state index in [1.54, 1.807) is 6.20 Å². The molecule has 0 aliphatic carbocycles. The molecule has 0 spiro atoms. The second kappa shape index (κ2) is 3.98. The molecule has 1 aliphatic rings. The Morgan fingerprint density at radius 1 is 1.64 bits per heavy atom. The van der Waals surface area contributed by atoms with Gasteiger partial charge in [-0.15, -0.1) is 0 Å². The van der Waals surface area contributed by atoms with Crippen LogP contribution in [0, 0.1) is 0 Å². The highest BCUT2D eigenvalue weighted by atomic mass is 16.3. The number of aryl methyl sites for hydroxylation is 1. The van der Waals surface area contributed by atoms with Gasteiger partial charge in [-0.2, -0.15) is 0 Å². The third kappa shape index (κ3) is 1.88. The number of hydrogen-bond donors (Lipinski definition) is 2. The van der Waals surface area contributed by atoms with E-state index in [0.29, 0.717) is 13.1 Å². The third-order valence-electron chi connectivity index (χ3n) is 2.45. The summed E-state index contributed by atoms with van der Waals surface area (Å²) in [4.78, 5) is 6.37. The number of anilines is 1. The SMILES string of the molecule is Cn1ccnc1N1CCNCC(O)C1. The van der Waals surface area contributed by atoms with E-state index in [1.807, 2.05) is 17.8 Å². The average Bonchev–Trinajstić information content (AvgIpc) is 2.45. The van der Waals surface area contributed by atoms with Gasteiger partial charge in [0, 0.05) is 45.6 Å². The highest BCUT2D eigenvalue weighted by molar-refractivity contribution is 5.31. The Morgan fingerprint density at radius 2 is 2.50 bits per heavy atom. The van der Waals surface area contributed by atoms with Crippen LogP contribution in [0.15, 0.2) is 12.4 Å². The maximum Gasteiger partial charge on any atom is 0.205 e. The standard InChI is InChI=1S/C9H16N4O/c1-12-4-3-11-9(12)13-5-2-10-6-8(14)7-13/h3-4,8,10,14H,2,5-7H2,1H3. The van der Waals surface area contributed by atoms with Crippen molar-refractivity contribution in [2.75, 3.05) is 31.1 Å². The molecular weight excluding hydrogens is 180 g/mol. The Labute approximate surface area is 83.4 Å². The molecule has 1 aliphatic heterocycles. The van der Waals surface area contributed by atoms with Crippen LogP contribution in [0.2, 0.25) is 0 Å². The predicted octanol–water partition coefficient (Wildman–Crippen LogP) is -0.809. The summed E-state index contributed by atoms with van der Waals surface area (Å²) in [6, 6.07) is 0. The topological polar surface area (TPSA) is 53.3 Å². The van der Waals surface area contributed by atoms with E-state index in [4.69, 9.17) is 0 Å². The van der Waals surface area contributed by atoms with Crippen molar-refractivity contribution in [3.8, 4) is 0 Å². The van der Waals surface area contributed by atoms with Crippen molar-refractivity contribution in [2.24, 2.45) is 7.05 Å². The molecule has 0 amide bonds. The number of β-amino-alcohol motifs (C(OH)–C–C–N with tert-alkyl or cyclic N) is 1. The van der Waals surface area contributed by atoms with E-state index in [0.717, 1.165) is 19.0 Å². The van der Waals surface area contributed by atoms with Gasteiger partial charge in [-0.3, -0.25) is 0 Å². The second-order valence-corrected chi connectivity index (χ2v) is 3.64. The van der Waals surface area contributed by atoms with Crippen molar-refractivity contribution in [3.63, 3.8) is 0 Å². The van der Waals surface area contributed by atoms with Crippen molar-refractivity contribution in [3.05, 3.63) is 12.4 Å². The van der Waals surface area contributed by atoms with Gasteiger partial charge in [-0.05, 0) is 0 Å². The van der Waals surface area contributed by atoms with Crippen LogP contribution in [0.25, 0.3) is 0 Å². The molecule has 2 rings (SSSR count). The van der Waals surface area contributed by atoms with E-state index in [9.17, 15) is 5.11 Å².